The number of hydrogen-bond acceptors (Lipinski definition) is 1. The van der Waals surface area contributed by atoms with Crippen molar-refractivity contribution < 1.29 is 0 Å². The van der Waals surface area contributed by atoms with Gasteiger partial charge in [0.1, 0.15) is 0 Å². The fourth-order valence-corrected chi connectivity index (χ4v) is 2.29. The number of H-pyrrole nitrogens is 1. The third-order valence-electron chi connectivity index (χ3n) is 3.57. The van der Waals surface area contributed by atoms with Crippen LogP contribution < -0.4 is 5.56 Å². The molecule has 0 atom stereocenters. The van der Waals surface area contributed by atoms with Gasteiger partial charge in [-0.2, -0.15) is 0 Å². The van der Waals surface area contributed by atoms with E-state index in [4.69, 9.17) is 0 Å². The number of nitrogens with one attached hydrogen (secondary N) is 1. The number of rotatable bonds is 2. The lowest BCUT2D eigenvalue weighted by Crippen LogP contribution is -2.08. The Morgan fingerprint density at radius 2 is 1.76 bits per heavy atom. The molecule has 17 heavy (non-hydrogen) atoms. The first-order valence-corrected chi connectivity index (χ1v) is 6.12. The molecule has 1 aliphatic rings. The zero-order valence-electron chi connectivity index (χ0n) is 9.65. The van der Waals surface area contributed by atoms with Gasteiger partial charge in [0.15, 0.2) is 0 Å². The van der Waals surface area contributed by atoms with Crippen molar-refractivity contribution in [3.05, 3.63) is 58.4 Å². The Bertz CT molecular complexity index is 564. The lowest BCUT2D eigenvalue weighted by Gasteiger charge is -2.25. The van der Waals surface area contributed by atoms with Gasteiger partial charge in [-0.3, -0.25) is 4.79 Å². The maximum atomic E-state index is 11.2. The van der Waals surface area contributed by atoms with Crippen molar-refractivity contribution in [1.82, 2.24) is 4.98 Å². The molecule has 86 valence electrons. The molecule has 2 nitrogen and oxygen atoms in total. The second kappa shape index (κ2) is 4.21. The Balaban J connectivity index is 1.91. The van der Waals surface area contributed by atoms with Gasteiger partial charge < -0.3 is 4.98 Å². The van der Waals surface area contributed by atoms with E-state index in [1.807, 2.05) is 6.07 Å². The lowest BCUT2D eigenvalue weighted by atomic mass is 9.80. The molecular formula is C15H15NO. The van der Waals surface area contributed by atoms with E-state index in [9.17, 15) is 4.79 Å². The number of aromatic amines is 1. The fourth-order valence-electron chi connectivity index (χ4n) is 2.29. The molecule has 1 N–H and O–H groups in total. The predicted molar refractivity (Wildman–Crippen MR) is 69.1 cm³/mol. The predicted octanol–water partition coefficient (Wildman–Crippen LogP) is 3.31. The van der Waals surface area contributed by atoms with Crippen LogP contribution in [0.15, 0.2) is 47.3 Å². The zero-order valence-corrected chi connectivity index (χ0v) is 9.65. The third-order valence-corrected chi connectivity index (χ3v) is 3.57. The SMILES string of the molecule is O=c1cccc(-c2ccc(C3CCC3)cc2)[nH]1. The van der Waals surface area contributed by atoms with Crippen LogP contribution in [0.2, 0.25) is 0 Å². The van der Waals surface area contributed by atoms with Crippen LogP contribution in [0.1, 0.15) is 30.7 Å². The first-order chi connectivity index (χ1) is 8.33. The van der Waals surface area contributed by atoms with Crippen LogP contribution in [0.3, 0.4) is 0 Å². The van der Waals surface area contributed by atoms with Crippen LogP contribution in [-0.2, 0) is 0 Å². The summed E-state index contributed by atoms with van der Waals surface area (Å²) in [5.74, 6) is 0.763. The fraction of sp³-hybridized carbons (Fsp3) is 0.267. The van der Waals surface area contributed by atoms with Crippen LogP contribution in [0.5, 0.6) is 0 Å². The normalized spacial score (nSPS) is 15.5. The summed E-state index contributed by atoms with van der Waals surface area (Å²) in [6.07, 6.45) is 4.00. The van der Waals surface area contributed by atoms with E-state index in [0.29, 0.717) is 0 Å². The van der Waals surface area contributed by atoms with Crippen LogP contribution in [-0.4, -0.2) is 4.98 Å². The highest BCUT2D eigenvalue weighted by molar-refractivity contribution is 5.59. The largest absolute Gasteiger partial charge is 0.322 e. The summed E-state index contributed by atoms with van der Waals surface area (Å²) in [6, 6.07) is 13.8. The van der Waals surface area contributed by atoms with Crippen LogP contribution in [0, 0.1) is 0 Å². The minimum Gasteiger partial charge on any atom is -0.322 e. The Morgan fingerprint density at radius 3 is 2.35 bits per heavy atom. The van der Waals surface area contributed by atoms with Gasteiger partial charge in [-0.15, -0.1) is 0 Å². The maximum absolute atomic E-state index is 11.2. The summed E-state index contributed by atoms with van der Waals surface area (Å²) in [5.41, 5.74) is 3.34. The van der Waals surface area contributed by atoms with Gasteiger partial charge in [-0.25, -0.2) is 0 Å². The molecule has 0 aliphatic heterocycles. The monoisotopic (exact) mass is 225 g/mol. The molecule has 1 aliphatic carbocycles. The van der Waals surface area contributed by atoms with Crippen molar-refractivity contribution in [3.8, 4) is 11.3 Å². The molecular weight excluding hydrogens is 210 g/mol. The van der Waals surface area contributed by atoms with Crippen molar-refractivity contribution in [2.24, 2.45) is 0 Å². The van der Waals surface area contributed by atoms with E-state index in [0.717, 1.165) is 17.2 Å². The van der Waals surface area contributed by atoms with Gasteiger partial charge >= 0.3 is 0 Å². The maximum Gasteiger partial charge on any atom is 0.248 e. The molecule has 1 heterocycles. The Morgan fingerprint density at radius 1 is 1.00 bits per heavy atom. The zero-order chi connectivity index (χ0) is 11.7. The van der Waals surface area contributed by atoms with Crippen LogP contribution >= 0.6 is 0 Å². The van der Waals surface area contributed by atoms with E-state index >= 15 is 0 Å². The Kier molecular flexibility index (Phi) is 2.56. The summed E-state index contributed by atoms with van der Waals surface area (Å²) in [7, 11) is 0. The molecule has 0 spiro atoms. The molecule has 2 aromatic rings. The molecule has 0 amide bonds. The van der Waals surface area contributed by atoms with Crippen molar-refractivity contribution in [1.29, 1.82) is 0 Å². The number of benzene rings is 1. The number of hydrogen-bond donors (Lipinski definition) is 1. The minimum absolute atomic E-state index is 0.0504. The van der Waals surface area contributed by atoms with E-state index < -0.39 is 0 Å². The second-order valence-corrected chi connectivity index (χ2v) is 4.68. The Hall–Kier alpha value is -1.83. The summed E-state index contributed by atoms with van der Waals surface area (Å²) < 4.78 is 0. The highest BCUT2D eigenvalue weighted by atomic mass is 16.1. The lowest BCUT2D eigenvalue weighted by molar-refractivity contribution is 0.420. The van der Waals surface area contributed by atoms with Gasteiger partial charge in [0.25, 0.3) is 0 Å². The van der Waals surface area contributed by atoms with Gasteiger partial charge in [0.05, 0.1) is 0 Å². The van der Waals surface area contributed by atoms with Crippen molar-refractivity contribution in [3.63, 3.8) is 0 Å². The van der Waals surface area contributed by atoms with Crippen molar-refractivity contribution in [2.75, 3.05) is 0 Å². The van der Waals surface area contributed by atoms with Gasteiger partial charge in [-0.1, -0.05) is 36.8 Å². The molecule has 0 bridgehead atoms. The summed E-state index contributed by atoms with van der Waals surface area (Å²) in [6.45, 7) is 0. The average Bonchev–Trinajstić information content (AvgIpc) is 2.28. The standard InChI is InChI=1S/C15H15NO/c17-15-6-2-5-14(16-15)13-9-7-12(8-10-13)11-3-1-4-11/h2,5-11H,1,3-4H2,(H,16,17). The highest BCUT2D eigenvalue weighted by Crippen LogP contribution is 2.36. The van der Waals surface area contributed by atoms with E-state index in [1.165, 1.54) is 30.9 Å². The van der Waals surface area contributed by atoms with Crippen molar-refractivity contribution >= 4 is 0 Å². The molecule has 2 heteroatoms. The molecule has 0 radical (unpaired) electrons. The first-order valence-electron chi connectivity index (χ1n) is 6.12. The quantitative estimate of drug-likeness (QED) is 0.835. The highest BCUT2D eigenvalue weighted by Gasteiger charge is 2.18. The minimum atomic E-state index is -0.0504. The molecule has 0 unspecified atom stereocenters. The molecule has 1 aromatic carbocycles. The molecule has 0 saturated heterocycles. The number of aromatic nitrogens is 1. The van der Waals surface area contributed by atoms with E-state index in [-0.39, 0.29) is 5.56 Å². The first kappa shape index (κ1) is 10.3. The van der Waals surface area contributed by atoms with E-state index in [1.54, 1.807) is 6.07 Å². The van der Waals surface area contributed by atoms with Crippen molar-refractivity contribution in [2.45, 2.75) is 25.2 Å². The molecule has 1 saturated carbocycles. The molecule has 3 rings (SSSR count). The summed E-state index contributed by atoms with van der Waals surface area (Å²) >= 11 is 0. The third kappa shape index (κ3) is 2.03. The van der Waals surface area contributed by atoms with Crippen LogP contribution in [0.25, 0.3) is 11.3 Å². The summed E-state index contributed by atoms with van der Waals surface area (Å²) in [4.78, 5) is 14.1. The average molecular weight is 225 g/mol. The van der Waals surface area contributed by atoms with Gasteiger partial charge in [-0.05, 0) is 36.0 Å². The number of pyridine rings is 1. The molecule has 1 fully saturated rings. The van der Waals surface area contributed by atoms with Gasteiger partial charge in [0.2, 0.25) is 5.56 Å². The summed E-state index contributed by atoms with van der Waals surface area (Å²) in [5, 5.41) is 0. The van der Waals surface area contributed by atoms with Crippen LogP contribution in [0.4, 0.5) is 0 Å². The van der Waals surface area contributed by atoms with E-state index in [2.05, 4.69) is 29.2 Å². The smallest absolute Gasteiger partial charge is 0.248 e. The topological polar surface area (TPSA) is 32.9 Å². The Labute approximate surface area is 100 Å². The molecule has 1 aromatic heterocycles. The second-order valence-electron chi connectivity index (χ2n) is 4.68. The van der Waals surface area contributed by atoms with Gasteiger partial charge in [0, 0.05) is 11.8 Å².